The average molecular weight is 356 g/mol. The molecule has 0 aromatic heterocycles. The lowest BCUT2D eigenvalue weighted by Gasteiger charge is -2.34. The van der Waals surface area contributed by atoms with Gasteiger partial charge in [-0.2, -0.15) is 4.31 Å². The van der Waals surface area contributed by atoms with Gasteiger partial charge in [-0.25, -0.2) is 8.42 Å². The first-order valence-corrected chi connectivity index (χ1v) is 10.2. The average Bonchev–Trinajstić information content (AvgIpc) is 2.51. The molecule has 0 radical (unpaired) electrons. The van der Waals surface area contributed by atoms with E-state index in [9.17, 15) is 8.42 Å². The smallest absolute Gasteiger partial charge is 0.243 e. The van der Waals surface area contributed by atoms with Gasteiger partial charge < -0.3 is 9.47 Å². The molecular weight excluding hydrogens is 326 g/mol. The second-order valence-electron chi connectivity index (χ2n) is 6.56. The van der Waals surface area contributed by atoms with E-state index < -0.39 is 10.0 Å². The number of sulfonamides is 1. The normalized spacial score (nSPS) is 22.5. The predicted octanol–water partition coefficient (Wildman–Crippen LogP) is 3.36. The van der Waals surface area contributed by atoms with Gasteiger partial charge in [0, 0.05) is 13.1 Å². The van der Waals surface area contributed by atoms with Crippen LogP contribution in [0.2, 0.25) is 0 Å². The number of hydrogen-bond donors (Lipinski definition) is 0. The van der Waals surface area contributed by atoms with Crippen molar-refractivity contribution >= 4 is 10.0 Å². The van der Waals surface area contributed by atoms with Gasteiger partial charge in [0.2, 0.25) is 10.0 Å². The van der Waals surface area contributed by atoms with Gasteiger partial charge in [0.05, 0.1) is 23.7 Å². The molecular formula is C18H29NO4S. The molecule has 1 fully saturated rings. The van der Waals surface area contributed by atoms with Crippen LogP contribution in [-0.4, -0.2) is 44.6 Å². The van der Waals surface area contributed by atoms with Gasteiger partial charge in [0.1, 0.15) is 5.75 Å². The molecule has 0 spiro atoms. The highest BCUT2D eigenvalue weighted by atomic mass is 32.2. The Kier molecular flexibility index (Phi) is 6.66. The largest absolute Gasteiger partial charge is 0.493 e. The van der Waals surface area contributed by atoms with Crippen molar-refractivity contribution in [3.63, 3.8) is 0 Å². The number of hydrogen-bond acceptors (Lipinski definition) is 4. The molecule has 5 nitrogen and oxygen atoms in total. The fraction of sp³-hybridized carbons (Fsp3) is 0.667. The molecule has 0 bridgehead atoms. The Bertz CT molecular complexity index is 634. The van der Waals surface area contributed by atoms with E-state index in [0.717, 1.165) is 30.6 Å². The Hall–Kier alpha value is -1.11. The molecule has 2 rings (SSSR count). The predicted molar refractivity (Wildman–Crippen MR) is 95.0 cm³/mol. The second-order valence-corrected chi connectivity index (χ2v) is 8.50. The Morgan fingerprint density at radius 2 is 1.88 bits per heavy atom. The molecule has 0 saturated carbocycles. The number of aryl methyl sites for hydroxylation is 1. The fourth-order valence-electron chi connectivity index (χ4n) is 2.95. The molecule has 0 amide bonds. The maximum atomic E-state index is 12.9. The van der Waals surface area contributed by atoms with Crippen molar-refractivity contribution in [3.05, 3.63) is 23.8 Å². The van der Waals surface area contributed by atoms with E-state index >= 15 is 0 Å². The van der Waals surface area contributed by atoms with Crippen LogP contribution in [0, 0.1) is 6.92 Å². The third-order valence-electron chi connectivity index (χ3n) is 4.18. The van der Waals surface area contributed by atoms with Crippen LogP contribution in [0.3, 0.4) is 0 Å². The minimum absolute atomic E-state index is 0.0919. The van der Waals surface area contributed by atoms with Gasteiger partial charge in [-0.15, -0.1) is 0 Å². The van der Waals surface area contributed by atoms with Crippen molar-refractivity contribution in [2.45, 2.75) is 64.1 Å². The Morgan fingerprint density at radius 1 is 1.21 bits per heavy atom. The minimum Gasteiger partial charge on any atom is -0.493 e. The molecule has 6 heteroatoms. The van der Waals surface area contributed by atoms with Crippen LogP contribution in [0.15, 0.2) is 23.1 Å². The molecule has 1 aliphatic rings. The van der Waals surface area contributed by atoms with Gasteiger partial charge in [-0.3, -0.25) is 0 Å². The summed E-state index contributed by atoms with van der Waals surface area (Å²) in [5.41, 5.74) is 0.849. The maximum absolute atomic E-state index is 12.9. The van der Waals surface area contributed by atoms with Crippen LogP contribution in [0.1, 0.15) is 45.6 Å². The molecule has 1 heterocycles. The van der Waals surface area contributed by atoms with Gasteiger partial charge in [-0.05, 0) is 51.0 Å². The summed E-state index contributed by atoms with van der Waals surface area (Å²) in [7, 11) is -3.50. The van der Waals surface area contributed by atoms with Crippen molar-refractivity contribution < 1.29 is 17.9 Å². The van der Waals surface area contributed by atoms with E-state index in [2.05, 4.69) is 6.92 Å². The summed E-state index contributed by atoms with van der Waals surface area (Å²) in [5.74, 6) is 0.758. The lowest BCUT2D eigenvalue weighted by molar-refractivity contribution is -0.0440. The zero-order valence-corrected chi connectivity index (χ0v) is 15.9. The van der Waals surface area contributed by atoms with Crippen molar-refractivity contribution in [2.75, 3.05) is 19.7 Å². The summed E-state index contributed by atoms with van der Waals surface area (Å²) in [6.45, 7) is 9.28. The molecule has 1 saturated heterocycles. The van der Waals surface area contributed by atoms with E-state index in [1.54, 1.807) is 18.2 Å². The van der Waals surface area contributed by atoms with Gasteiger partial charge >= 0.3 is 0 Å². The number of morpholine rings is 1. The van der Waals surface area contributed by atoms with Crippen LogP contribution in [0.25, 0.3) is 0 Å². The molecule has 136 valence electrons. The topological polar surface area (TPSA) is 55.8 Å². The monoisotopic (exact) mass is 355 g/mol. The van der Waals surface area contributed by atoms with Crippen LogP contribution in [0.4, 0.5) is 0 Å². The maximum Gasteiger partial charge on any atom is 0.243 e. The summed E-state index contributed by atoms with van der Waals surface area (Å²) in [6.07, 6.45) is 3.12. The van der Waals surface area contributed by atoms with E-state index in [-0.39, 0.29) is 12.2 Å². The zero-order valence-electron chi connectivity index (χ0n) is 15.1. The van der Waals surface area contributed by atoms with E-state index in [0.29, 0.717) is 24.6 Å². The van der Waals surface area contributed by atoms with Crippen molar-refractivity contribution in [2.24, 2.45) is 0 Å². The number of rotatable bonds is 7. The van der Waals surface area contributed by atoms with Crippen LogP contribution in [-0.2, 0) is 14.8 Å². The molecule has 2 atom stereocenters. The van der Waals surface area contributed by atoms with Crippen molar-refractivity contribution in [3.8, 4) is 5.75 Å². The number of nitrogens with zero attached hydrogens (tertiary/aromatic N) is 1. The molecule has 1 aromatic carbocycles. The Labute approximate surface area is 146 Å². The first kappa shape index (κ1) is 19.2. The van der Waals surface area contributed by atoms with Crippen LogP contribution >= 0.6 is 0 Å². The summed E-state index contributed by atoms with van der Waals surface area (Å²) in [6, 6.07) is 5.11. The van der Waals surface area contributed by atoms with Crippen molar-refractivity contribution in [1.29, 1.82) is 0 Å². The lowest BCUT2D eigenvalue weighted by Crippen LogP contribution is -2.48. The van der Waals surface area contributed by atoms with E-state index in [1.165, 1.54) is 4.31 Å². The standard InChI is InChI=1S/C18H29NO4S/c1-5-6-7-10-22-18-9-8-17(11-14(18)2)24(20,21)19-12-15(3)23-16(4)13-19/h8-9,11,15-16H,5-7,10,12-13H2,1-4H3/t15-,16+. The molecule has 1 aliphatic heterocycles. The molecule has 0 unspecified atom stereocenters. The minimum atomic E-state index is -3.50. The van der Waals surface area contributed by atoms with Gasteiger partial charge in [0.25, 0.3) is 0 Å². The third kappa shape index (κ3) is 4.71. The van der Waals surface area contributed by atoms with E-state index in [4.69, 9.17) is 9.47 Å². The second kappa shape index (κ2) is 8.32. The van der Waals surface area contributed by atoms with Crippen LogP contribution < -0.4 is 4.74 Å². The van der Waals surface area contributed by atoms with Gasteiger partial charge in [0.15, 0.2) is 0 Å². The SMILES string of the molecule is CCCCCOc1ccc(S(=O)(=O)N2C[C@@H](C)O[C@@H](C)C2)cc1C. The lowest BCUT2D eigenvalue weighted by atomic mass is 10.2. The summed E-state index contributed by atoms with van der Waals surface area (Å²) >= 11 is 0. The first-order chi connectivity index (χ1) is 11.3. The highest BCUT2D eigenvalue weighted by molar-refractivity contribution is 7.89. The Morgan fingerprint density at radius 3 is 2.46 bits per heavy atom. The van der Waals surface area contributed by atoms with Gasteiger partial charge in [-0.1, -0.05) is 19.8 Å². The molecule has 0 N–H and O–H groups in total. The molecule has 24 heavy (non-hydrogen) atoms. The zero-order chi connectivity index (χ0) is 17.7. The highest BCUT2D eigenvalue weighted by Gasteiger charge is 2.32. The van der Waals surface area contributed by atoms with Crippen LogP contribution in [0.5, 0.6) is 5.75 Å². The summed E-state index contributed by atoms with van der Waals surface area (Å²) in [5, 5.41) is 0. The fourth-order valence-corrected chi connectivity index (χ4v) is 4.63. The molecule has 1 aromatic rings. The van der Waals surface area contributed by atoms with Crippen molar-refractivity contribution in [1.82, 2.24) is 4.31 Å². The molecule has 0 aliphatic carbocycles. The number of benzene rings is 1. The number of unbranched alkanes of at least 4 members (excludes halogenated alkanes) is 2. The third-order valence-corrected chi connectivity index (χ3v) is 6.00. The first-order valence-electron chi connectivity index (χ1n) is 8.73. The summed E-state index contributed by atoms with van der Waals surface area (Å²) < 4.78 is 38.6. The van der Waals surface area contributed by atoms with E-state index in [1.807, 2.05) is 20.8 Å². The number of ether oxygens (including phenoxy) is 2. The highest BCUT2D eigenvalue weighted by Crippen LogP contribution is 2.26. The summed E-state index contributed by atoms with van der Waals surface area (Å²) in [4.78, 5) is 0.321. The quantitative estimate of drug-likeness (QED) is 0.704. The Balaban J connectivity index is 2.12.